The van der Waals surface area contributed by atoms with E-state index in [9.17, 15) is 9.18 Å². The van der Waals surface area contributed by atoms with Crippen LogP contribution in [0.4, 0.5) is 4.39 Å². The summed E-state index contributed by atoms with van der Waals surface area (Å²) in [5.74, 6) is -1.51. The minimum atomic E-state index is -1.06. The Labute approximate surface area is 97.9 Å². The van der Waals surface area contributed by atoms with Crippen LogP contribution >= 0.6 is 0 Å². The molecule has 0 fully saturated rings. The highest BCUT2D eigenvalue weighted by Crippen LogP contribution is 2.24. The van der Waals surface area contributed by atoms with E-state index < -0.39 is 11.8 Å². The van der Waals surface area contributed by atoms with Crippen molar-refractivity contribution in [3.8, 4) is 0 Å². The van der Waals surface area contributed by atoms with Crippen molar-refractivity contribution in [3.63, 3.8) is 0 Å². The molecule has 2 aromatic rings. The van der Waals surface area contributed by atoms with Crippen LogP contribution in [0.3, 0.4) is 0 Å². The fraction of sp³-hybridized carbons (Fsp3) is 0.231. The predicted octanol–water partition coefficient (Wildman–Crippen LogP) is 3.20. The smallest absolute Gasteiger partial charge is 0.336 e. The second-order valence-electron chi connectivity index (χ2n) is 4.19. The van der Waals surface area contributed by atoms with Gasteiger partial charge in [0.1, 0.15) is 11.3 Å². The van der Waals surface area contributed by atoms with Gasteiger partial charge in [0.25, 0.3) is 0 Å². The van der Waals surface area contributed by atoms with Gasteiger partial charge in [-0.1, -0.05) is 26.0 Å². The molecule has 0 aliphatic carbocycles. The number of carboxylic acids is 1. The van der Waals surface area contributed by atoms with Gasteiger partial charge in [-0.05, 0) is 18.1 Å². The highest BCUT2D eigenvalue weighted by atomic mass is 19.1. The van der Waals surface area contributed by atoms with Crippen LogP contribution in [0.2, 0.25) is 0 Å². The lowest BCUT2D eigenvalue weighted by Gasteiger charge is -2.09. The predicted molar refractivity (Wildman–Crippen MR) is 62.7 cm³/mol. The zero-order valence-electron chi connectivity index (χ0n) is 9.57. The zero-order chi connectivity index (χ0) is 12.6. The van der Waals surface area contributed by atoms with Gasteiger partial charge in [0.05, 0.1) is 5.56 Å². The molecule has 0 aliphatic rings. The molecule has 1 aromatic heterocycles. The van der Waals surface area contributed by atoms with E-state index in [0.717, 1.165) is 0 Å². The van der Waals surface area contributed by atoms with Gasteiger partial charge in [-0.3, -0.25) is 0 Å². The van der Waals surface area contributed by atoms with Crippen LogP contribution in [-0.2, 0) is 0 Å². The molecule has 2 rings (SSSR count). The molecule has 0 radical (unpaired) electrons. The summed E-state index contributed by atoms with van der Waals surface area (Å²) in [6.45, 7) is 3.78. The SMILES string of the molecule is CC(C)c1cc(C(=O)O)c2cccc(F)c2n1. The van der Waals surface area contributed by atoms with E-state index in [0.29, 0.717) is 11.1 Å². The molecule has 1 heterocycles. The van der Waals surface area contributed by atoms with Gasteiger partial charge in [-0.25, -0.2) is 14.2 Å². The Hall–Kier alpha value is -1.97. The van der Waals surface area contributed by atoms with Gasteiger partial charge in [0, 0.05) is 11.1 Å². The molecule has 0 aliphatic heterocycles. The molecule has 1 N–H and O–H groups in total. The molecule has 0 unspecified atom stereocenters. The van der Waals surface area contributed by atoms with Crippen molar-refractivity contribution in [2.45, 2.75) is 19.8 Å². The fourth-order valence-corrected chi connectivity index (χ4v) is 1.71. The fourth-order valence-electron chi connectivity index (χ4n) is 1.71. The Kier molecular flexibility index (Phi) is 2.79. The van der Waals surface area contributed by atoms with E-state index in [4.69, 9.17) is 5.11 Å². The van der Waals surface area contributed by atoms with Crippen LogP contribution in [0, 0.1) is 5.82 Å². The maximum atomic E-state index is 13.6. The lowest BCUT2D eigenvalue weighted by Crippen LogP contribution is -2.04. The number of hydrogen-bond donors (Lipinski definition) is 1. The maximum Gasteiger partial charge on any atom is 0.336 e. The van der Waals surface area contributed by atoms with E-state index in [-0.39, 0.29) is 17.0 Å². The van der Waals surface area contributed by atoms with Crippen molar-refractivity contribution < 1.29 is 14.3 Å². The number of nitrogens with zero attached hydrogens (tertiary/aromatic N) is 1. The van der Waals surface area contributed by atoms with Crippen LogP contribution in [0.1, 0.15) is 35.8 Å². The third-order valence-electron chi connectivity index (χ3n) is 2.63. The van der Waals surface area contributed by atoms with E-state index in [2.05, 4.69) is 4.98 Å². The van der Waals surface area contributed by atoms with Gasteiger partial charge < -0.3 is 5.11 Å². The lowest BCUT2D eigenvalue weighted by atomic mass is 10.0. The third-order valence-corrected chi connectivity index (χ3v) is 2.63. The van der Waals surface area contributed by atoms with Crippen molar-refractivity contribution in [1.82, 2.24) is 4.98 Å². The van der Waals surface area contributed by atoms with Crippen LogP contribution in [-0.4, -0.2) is 16.1 Å². The topological polar surface area (TPSA) is 50.2 Å². The largest absolute Gasteiger partial charge is 0.478 e. The molecule has 1 aromatic carbocycles. The first kappa shape index (κ1) is 11.5. The number of benzene rings is 1. The summed E-state index contributed by atoms with van der Waals surface area (Å²) >= 11 is 0. The van der Waals surface area contributed by atoms with Crippen molar-refractivity contribution in [2.24, 2.45) is 0 Å². The number of fused-ring (bicyclic) bond motifs is 1. The van der Waals surface area contributed by atoms with Gasteiger partial charge in [0.15, 0.2) is 0 Å². The minimum absolute atomic E-state index is 0.0529. The second kappa shape index (κ2) is 4.13. The number of aromatic carboxylic acids is 1. The number of carbonyl (C=O) groups is 1. The first-order valence-corrected chi connectivity index (χ1v) is 5.33. The number of hydrogen-bond acceptors (Lipinski definition) is 2. The molecule has 3 nitrogen and oxygen atoms in total. The quantitative estimate of drug-likeness (QED) is 0.866. The molecule has 0 spiro atoms. The van der Waals surface area contributed by atoms with Gasteiger partial charge >= 0.3 is 5.97 Å². The summed E-state index contributed by atoms with van der Waals surface area (Å²) in [5.41, 5.74) is 0.800. The monoisotopic (exact) mass is 233 g/mol. The molecule has 0 saturated carbocycles. The average molecular weight is 233 g/mol. The van der Waals surface area contributed by atoms with E-state index >= 15 is 0 Å². The first-order valence-electron chi connectivity index (χ1n) is 5.33. The molecular formula is C13H12FNO2. The van der Waals surface area contributed by atoms with Crippen molar-refractivity contribution in [1.29, 1.82) is 0 Å². The highest BCUT2D eigenvalue weighted by Gasteiger charge is 2.15. The number of pyridine rings is 1. The molecule has 0 bridgehead atoms. The number of aromatic nitrogens is 1. The van der Waals surface area contributed by atoms with Gasteiger partial charge in [0.2, 0.25) is 0 Å². The molecule has 0 saturated heterocycles. The Morgan fingerprint density at radius 1 is 1.41 bits per heavy atom. The number of rotatable bonds is 2. The Balaban J connectivity index is 2.86. The number of para-hydroxylation sites is 1. The van der Waals surface area contributed by atoms with E-state index in [1.54, 1.807) is 6.07 Å². The average Bonchev–Trinajstić information content (AvgIpc) is 2.28. The minimum Gasteiger partial charge on any atom is -0.478 e. The third kappa shape index (κ3) is 1.98. The standard InChI is InChI=1S/C13H12FNO2/c1-7(2)11-6-9(13(16)17)8-4-3-5-10(14)12(8)15-11/h3-7H,1-2H3,(H,16,17). The Morgan fingerprint density at radius 2 is 2.12 bits per heavy atom. The zero-order valence-corrected chi connectivity index (χ0v) is 9.57. The van der Waals surface area contributed by atoms with Crippen LogP contribution in [0.5, 0.6) is 0 Å². The van der Waals surface area contributed by atoms with Crippen molar-refractivity contribution in [2.75, 3.05) is 0 Å². The second-order valence-corrected chi connectivity index (χ2v) is 4.19. The summed E-state index contributed by atoms with van der Waals surface area (Å²) < 4.78 is 13.6. The van der Waals surface area contributed by atoms with E-state index in [1.807, 2.05) is 13.8 Å². The van der Waals surface area contributed by atoms with E-state index in [1.165, 1.54) is 18.2 Å². The first-order chi connectivity index (χ1) is 8.00. The number of carboxylic acid groups (broad SMARTS) is 1. The molecule has 88 valence electrons. The van der Waals surface area contributed by atoms with Crippen molar-refractivity contribution in [3.05, 3.63) is 41.3 Å². The maximum absolute atomic E-state index is 13.6. The molecule has 4 heteroatoms. The van der Waals surface area contributed by atoms with Crippen molar-refractivity contribution >= 4 is 16.9 Å². The Bertz CT molecular complexity index is 593. The molecule has 17 heavy (non-hydrogen) atoms. The van der Waals surface area contributed by atoms with Crippen LogP contribution in [0.15, 0.2) is 24.3 Å². The Morgan fingerprint density at radius 3 is 2.71 bits per heavy atom. The summed E-state index contributed by atoms with van der Waals surface area (Å²) in [6, 6.07) is 5.85. The summed E-state index contributed by atoms with van der Waals surface area (Å²) in [4.78, 5) is 15.3. The van der Waals surface area contributed by atoms with Crippen LogP contribution < -0.4 is 0 Å². The summed E-state index contributed by atoms with van der Waals surface area (Å²) in [6.07, 6.45) is 0. The highest BCUT2D eigenvalue weighted by molar-refractivity contribution is 6.02. The molecule has 0 amide bonds. The molecule has 0 atom stereocenters. The summed E-state index contributed by atoms with van der Waals surface area (Å²) in [7, 11) is 0. The van der Waals surface area contributed by atoms with Gasteiger partial charge in [-0.15, -0.1) is 0 Å². The van der Waals surface area contributed by atoms with Crippen LogP contribution in [0.25, 0.3) is 10.9 Å². The number of halogens is 1. The lowest BCUT2D eigenvalue weighted by molar-refractivity contribution is 0.0699. The molecular weight excluding hydrogens is 221 g/mol. The van der Waals surface area contributed by atoms with Gasteiger partial charge in [-0.2, -0.15) is 0 Å². The normalized spacial score (nSPS) is 11.1. The summed E-state index contributed by atoms with van der Waals surface area (Å²) in [5, 5.41) is 9.46.